The minimum absolute atomic E-state index is 0.0578. The van der Waals surface area contributed by atoms with E-state index in [0.717, 1.165) is 49.2 Å². The molecule has 1 fully saturated rings. The highest BCUT2D eigenvalue weighted by molar-refractivity contribution is 5.76. The molecule has 1 aromatic heterocycles. The van der Waals surface area contributed by atoms with Crippen LogP contribution in [-0.4, -0.2) is 56.2 Å². The van der Waals surface area contributed by atoms with Crippen molar-refractivity contribution in [2.45, 2.75) is 51.5 Å². The maximum Gasteiger partial charge on any atom is 0.416 e. The monoisotopic (exact) mass is 437 g/mol. The number of carbonyl (C=O) groups is 1. The van der Waals surface area contributed by atoms with Crippen molar-refractivity contribution in [1.29, 1.82) is 0 Å². The Balaban J connectivity index is 1.30. The van der Waals surface area contributed by atoms with Gasteiger partial charge in [-0.3, -0.25) is 14.3 Å². The summed E-state index contributed by atoms with van der Waals surface area (Å²) in [5.74, 6) is 0.626. The van der Waals surface area contributed by atoms with Crippen molar-refractivity contribution < 1.29 is 18.0 Å². The van der Waals surface area contributed by atoms with Crippen molar-refractivity contribution in [3.63, 3.8) is 0 Å². The molecule has 1 aromatic carbocycles. The maximum atomic E-state index is 12.7. The normalized spacial score (nSPS) is 18.0. The molecule has 2 aliphatic heterocycles. The van der Waals surface area contributed by atoms with Crippen LogP contribution in [0.25, 0.3) is 0 Å². The van der Waals surface area contributed by atoms with E-state index in [1.165, 1.54) is 16.8 Å². The number of rotatable bonds is 4. The molecule has 0 atom stereocenters. The van der Waals surface area contributed by atoms with E-state index in [1.807, 2.05) is 0 Å². The van der Waals surface area contributed by atoms with Crippen LogP contribution in [0, 0.1) is 0 Å². The first-order valence-corrected chi connectivity index (χ1v) is 10.6. The van der Waals surface area contributed by atoms with Crippen LogP contribution in [0.1, 0.15) is 36.2 Å². The quantitative estimate of drug-likeness (QED) is 0.735. The van der Waals surface area contributed by atoms with Gasteiger partial charge in [0.2, 0.25) is 5.91 Å². The minimum Gasteiger partial charge on any atom is -0.339 e. The molecule has 0 radical (unpaired) electrons. The van der Waals surface area contributed by atoms with E-state index in [9.17, 15) is 22.8 Å². The van der Waals surface area contributed by atoms with Crippen molar-refractivity contribution >= 4 is 5.91 Å². The Morgan fingerprint density at radius 2 is 1.68 bits per heavy atom. The molecule has 2 aromatic rings. The number of hydrogen-bond donors (Lipinski definition) is 0. The minimum atomic E-state index is -4.33. The molecule has 0 spiro atoms. The molecule has 31 heavy (non-hydrogen) atoms. The zero-order chi connectivity index (χ0) is 22.0. The number of halogens is 3. The summed E-state index contributed by atoms with van der Waals surface area (Å²) < 4.78 is 41.0. The van der Waals surface area contributed by atoms with Crippen molar-refractivity contribution in [1.82, 2.24) is 24.1 Å². The third kappa shape index (κ3) is 5.00. The first-order valence-electron chi connectivity index (χ1n) is 10.6. The van der Waals surface area contributed by atoms with Gasteiger partial charge in [-0.25, -0.2) is 9.48 Å². The molecule has 3 heterocycles. The average molecular weight is 437 g/mol. The predicted octanol–water partition coefficient (Wildman–Crippen LogP) is 2.13. The Morgan fingerprint density at radius 3 is 2.35 bits per heavy atom. The number of amides is 1. The van der Waals surface area contributed by atoms with Gasteiger partial charge >= 0.3 is 11.9 Å². The highest BCUT2D eigenvalue weighted by Crippen LogP contribution is 2.29. The van der Waals surface area contributed by atoms with Crippen LogP contribution < -0.4 is 5.69 Å². The van der Waals surface area contributed by atoms with Crippen LogP contribution in [0.15, 0.2) is 29.1 Å². The fraction of sp³-hybridized carbons (Fsp3) is 0.571. The number of aromatic nitrogens is 3. The molecule has 1 saturated heterocycles. The summed E-state index contributed by atoms with van der Waals surface area (Å²) in [5.41, 5.74) is -0.0662. The lowest BCUT2D eigenvalue weighted by Gasteiger charge is -2.34. The molecule has 0 bridgehead atoms. The Labute approximate surface area is 178 Å². The second-order valence-electron chi connectivity index (χ2n) is 8.17. The number of alkyl halides is 3. The van der Waals surface area contributed by atoms with Crippen LogP contribution in [0.5, 0.6) is 0 Å². The molecule has 168 valence electrons. The highest BCUT2D eigenvalue weighted by atomic mass is 19.4. The summed E-state index contributed by atoms with van der Waals surface area (Å²) in [6.07, 6.45) is -0.531. The first kappa shape index (κ1) is 21.6. The molecule has 0 saturated carbocycles. The molecular formula is C21H26F3N5O2. The third-order valence-electron chi connectivity index (χ3n) is 5.98. The van der Waals surface area contributed by atoms with E-state index in [-0.39, 0.29) is 18.1 Å². The molecular weight excluding hydrogens is 411 g/mol. The van der Waals surface area contributed by atoms with Gasteiger partial charge in [-0.1, -0.05) is 18.6 Å². The summed E-state index contributed by atoms with van der Waals surface area (Å²) in [6.45, 7) is 3.42. The lowest BCUT2D eigenvalue weighted by Crippen LogP contribution is -2.49. The Kier molecular flexibility index (Phi) is 6.17. The molecule has 7 nitrogen and oxygen atoms in total. The zero-order valence-corrected chi connectivity index (χ0v) is 17.3. The number of hydrogen-bond acceptors (Lipinski definition) is 4. The topological polar surface area (TPSA) is 63.4 Å². The average Bonchev–Trinajstić information content (AvgIpc) is 2.90. The van der Waals surface area contributed by atoms with Gasteiger partial charge in [0.1, 0.15) is 12.4 Å². The van der Waals surface area contributed by atoms with E-state index in [4.69, 9.17) is 0 Å². The predicted molar refractivity (Wildman–Crippen MR) is 107 cm³/mol. The number of fused-ring (bicyclic) bond motifs is 1. The van der Waals surface area contributed by atoms with Gasteiger partial charge in [0.25, 0.3) is 0 Å². The second kappa shape index (κ2) is 8.86. The zero-order valence-electron chi connectivity index (χ0n) is 17.3. The largest absolute Gasteiger partial charge is 0.416 e. The smallest absolute Gasteiger partial charge is 0.339 e. The van der Waals surface area contributed by atoms with Crippen molar-refractivity contribution in [2.24, 2.45) is 0 Å². The van der Waals surface area contributed by atoms with Gasteiger partial charge in [0.05, 0.1) is 5.56 Å². The molecule has 0 N–H and O–H groups in total. The molecule has 0 unspecified atom stereocenters. The van der Waals surface area contributed by atoms with Crippen molar-refractivity contribution in [2.75, 3.05) is 26.2 Å². The first-order chi connectivity index (χ1) is 14.8. The van der Waals surface area contributed by atoms with Gasteiger partial charge in [0, 0.05) is 45.7 Å². The van der Waals surface area contributed by atoms with E-state index >= 15 is 0 Å². The van der Waals surface area contributed by atoms with Crippen LogP contribution in [0.2, 0.25) is 0 Å². The van der Waals surface area contributed by atoms with Crippen LogP contribution in [-0.2, 0) is 37.0 Å². The van der Waals surface area contributed by atoms with Gasteiger partial charge < -0.3 is 4.90 Å². The fourth-order valence-electron chi connectivity index (χ4n) is 4.17. The molecule has 0 aliphatic carbocycles. The van der Waals surface area contributed by atoms with Crippen molar-refractivity contribution in [3.05, 3.63) is 51.7 Å². The standard InChI is InChI=1S/C21H26F3N5O2/c22-21(23,24)17-7-5-16(6-8-17)14-26-10-12-27(13-11-26)19(30)15-29-20(31)28-9-3-1-2-4-18(28)25-29/h5-8H,1-4,9-15H2. The van der Waals surface area contributed by atoms with E-state index in [0.29, 0.717) is 39.3 Å². The third-order valence-corrected chi connectivity index (χ3v) is 5.98. The lowest BCUT2D eigenvalue weighted by atomic mass is 10.1. The molecule has 2 aliphatic rings. The maximum absolute atomic E-state index is 12.7. The van der Waals surface area contributed by atoms with Crippen LogP contribution >= 0.6 is 0 Å². The molecule has 10 heteroatoms. The van der Waals surface area contributed by atoms with E-state index < -0.39 is 11.7 Å². The highest BCUT2D eigenvalue weighted by Gasteiger charge is 2.30. The Hall–Kier alpha value is -2.62. The summed E-state index contributed by atoms with van der Waals surface area (Å²) in [5, 5.41) is 4.37. The SMILES string of the molecule is O=C(Cn1nc2n(c1=O)CCCCC2)N1CCN(Cc2ccc(C(F)(F)F)cc2)CC1. The van der Waals surface area contributed by atoms with Gasteiger partial charge in [-0.2, -0.15) is 18.3 Å². The summed E-state index contributed by atoms with van der Waals surface area (Å²) >= 11 is 0. The van der Waals surface area contributed by atoms with E-state index in [2.05, 4.69) is 10.00 Å². The van der Waals surface area contributed by atoms with Gasteiger partial charge in [0.15, 0.2) is 0 Å². The van der Waals surface area contributed by atoms with Gasteiger partial charge in [-0.05, 0) is 30.5 Å². The summed E-state index contributed by atoms with van der Waals surface area (Å²) in [7, 11) is 0. The number of aryl methyl sites for hydroxylation is 1. The number of nitrogens with zero attached hydrogens (tertiary/aromatic N) is 5. The van der Waals surface area contributed by atoms with Crippen LogP contribution in [0.3, 0.4) is 0 Å². The number of carbonyl (C=O) groups excluding carboxylic acids is 1. The summed E-state index contributed by atoms with van der Waals surface area (Å²) in [6, 6.07) is 5.18. The van der Waals surface area contributed by atoms with Gasteiger partial charge in [-0.15, -0.1) is 0 Å². The van der Waals surface area contributed by atoms with Crippen molar-refractivity contribution in [3.8, 4) is 0 Å². The number of benzene rings is 1. The molecule has 4 rings (SSSR count). The van der Waals surface area contributed by atoms with E-state index in [1.54, 1.807) is 9.47 Å². The summed E-state index contributed by atoms with van der Waals surface area (Å²) in [4.78, 5) is 29.1. The Bertz CT molecular complexity index is 972. The second-order valence-corrected chi connectivity index (χ2v) is 8.17. The lowest BCUT2D eigenvalue weighted by molar-refractivity contribution is -0.137. The van der Waals surface area contributed by atoms with Crippen LogP contribution in [0.4, 0.5) is 13.2 Å². The Morgan fingerprint density at radius 1 is 0.968 bits per heavy atom. The fourth-order valence-corrected chi connectivity index (χ4v) is 4.17. The molecule has 1 amide bonds. The number of piperazine rings is 1.